The van der Waals surface area contributed by atoms with Crippen LogP contribution in [0.25, 0.3) is 0 Å². The Morgan fingerprint density at radius 1 is 1.38 bits per heavy atom. The molecule has 1 rings (SSSR count). The van der Waals surface area contributed by atoms with E-state index in [0.717, 1.165) is 11.1 Å². The van der Waals surface area contributed by atoms with Crippen molar-refractivity contribution in [2.24, 2.45) is 5.73 Å². The molecule has 1 unspecified atom stereocenters. The fourth-order valence-electron chi connectivity index (χ4n) is 1.20. The van der Waals surface area contributed by atoms with Crippen LogP contribution in [0.5, 0.6) is 0 Å². The number of aryl methyl sites for hydroxylation is 1. The van der Waals surface area contributed by atoms with Gasteiger partial charge in [0.25, 0.3) is 6.43 Å². The summed E-state index contributed by atoms with van der Waals surface area (Å²) in [5.41, 5.74) is 7.19. The maximum atomic E-state index is 12.1. The molecule has 1 atom stereocenters. The van der Waals surface area contributed by atoms with Gasteiger partial charge in [-0.25, -0.2) is 8.78 Å². The molecule has 0 aliphatic carbocycles. The molecule has 0 saturated heterocycles. The molecule has 0 radical (unpaired) electrons. The van der Waals surface area contributed by atoms with E-state index in [-0.39, 0.29) is 6.42 Å². The van der Waals surface area contributed by atoms with Crippen LogP contribution in [-0.2, 0) is 6.42 Å². The van der Waals surface area contributed by atoms with Gasteiger partial charge in [-0.1, -0.05) is 29.8 Å². The van der Waals surface area contributed by atoms with Crippen LogP contribution in [0.15, 0.2) is 24.3 Å². The zero-order chi connectivity index (χ0) is 9.84. The molecule has 1 aromatic carbocycles. The first kappa shape index (κ1) is 10.1. The standard InChI is InChI=1S/C10H13F2N/c1-7-3-2-4-8(5-7)6-9(13)10(11)12/h2-5,9-10H,6,13H2,1H3. The van der Waals surface area contributed by atoms with E-state index in [1.807, 2.05) is 31.2 Å². The van der Waals surface area contributed by atoms with Crippen LogP contribution in [0.3, 0.4) is 0 Å². The number of nitrogens with two attached hydrogens (primary N) is 1. The molecule has 2 N–H and O–H groups in total. The Balaban J connectivity index is 2.64. The minimum atomic E-state index is -2.44. The predicted molar refractivity (Wildman–Crippen MR) is 48.9 cm³/mol. The van der Waals surface area contributed by atoms with Crippen LogP contribution in [0, 0.1) is 6.92 Å². The van der Waals surface area contributed by atoms with Crippen LogP contribution >= 0.6 is 0 Å². The zero-order valence-electron chi connectivity index (χ0n) is 7.50. The van der Waals surface area contributed by atoms with Crippen molar-refractivity contribution >= 4 is 0 Å². The first-order valence-electron chi connectivity index (χ1n) is 4.19. The van der Waals surface area contributed by atoms with Gasteiger partial charge in [-0.2, -0.15) is 0 Å². The highest BCUT2D eigenvalue weighted by Gasteiger charge is 2.15. The molecule has 1 aromatic rings. The highest BCUT2D eigenvalue weighted by Crippen LogP contribution is 2.09. The number of rotatable bonds is 3. The molecule has 0 aromatic heterocycles. The summed E-state index contributed by atoms with van der Waals surface area (Å²) in [6.45, 7) is 1.93. The highest BCUT2D eigenvalue weighted by molar-refractivity contribution is 5.22. The van der Waals surface area contributed by atoms with E-state index < -0.39 is 12.5 Å². The van der Waals surface area contributed by atoms with Crippen molar-refractivity contribution in [1.29, 1.82) is 0 Å². The number of alkyl halides is 2. The summed E-state index contributed by atoms with van der Waals surface area (Å²) in [5.74, 6) is 0. The van der Waals surface area contributed by atoms with Crippen molar-refractivity contribution in [2.75, 3.05) is 0 Å². The van der Waals surface area contributed by atoms with Crippen molar-refractivity contribution in [1.82, 2.24) is 0 Å². The molecule has 1 nitrogen and oxygen atoms in total. The van der Waals surface area contributed by atoms with Gasteiger partial charge in [-0.15, -0.1) is 0 Å². The van der Waals surface area contributed by atoms with Gasteiger partial charge in [0, 0.05) is 0 Å². The third kappa shape index (κ3) is 3.11. The molecule has 0 aliphatic heterocycles. The molecule has 0 saturated carbocycles. The normalized spacial score (nSPS) is 13.3. The third-order valence-electron chi connectivity index (χ3n) is 1.88. The summed E-state index contributed by atoms with van der Waals surface area (Å²) < 4.78 is 24.2. The summed E-state index contributed by atoms with van der Waals surface area (Å²) in [4.78, 5) is 0. The molecule has 72 valence electrons. The molecule has 13 heavy (non-hydrogen) atoms. The van der Waals surface area contributed by atoms with E-state index in [0.29, 0.717) is 0 Å². The Hall–Kier alpha value is -0.960. The summed E-state index contributed by atoms with van der Waals surface area (Å²) in [7, 11) is 0. The van der Waals surface area contributed by atoms with Gasteiger partial charge in [-0.05, 0) is 18.9 Å². The average molecular weight is 185 g/mol. The maximum Gasteiger partial charge on any atom is 0.253 e. The van der Waals surface area contributed by atoms with Gasteiger partial charge >= 0.3 is 0 Å². The van der Waals surface area contributed by atoms with Gasteiger partial charge in [0.2, 0.25) is 0 Å². The second-order valence-corrected chi connectivity index (χ2v) is 3.19. The fraction of sp³-hybridized carbons (Fsp3) is 0.400. The first-order valence-corrected chi connectivity index (χ1v) is 4.19. The van der Waals surface area contributed by atoms with Crippen LogP contribution < -0.4 is 5.73 Å². The first-order chi connectivity index (χ1) is 6.09. The summed E-state index contributed by atoms with van der Waals surface area (Å²) >= 11 is 0. The second kappa shape index (κ2) is 4.33. The van der Waals surface area contributed by atoms with Crippen molar-refractivity contribution in [3.8, 4) is 0 Å². The fourth-order valence-corrected chi connectivity index (χ4v) is 1.20. The van der Waals surface area contributed by atoms with E-state index in [4.69, 9.17) is 5.73 Å². The minimum Gasteiger partial charge on any atom is -0.323 e. The van der Waals surface area contributed by atoms with Crippen molar-refractivity contribution in [3.05, 3.63) is 35.4 Å². The lowest BCUT2D eigenvalue weighted by Gasteiger charge is -2.10. The van der Waals surface area contributed by atoms with Gasteiger partial charge in [0.05, 0.1) is 6.04 Å². The molecular weight excluding hydrogens is 172 g/mol. The molecular formula is C10H13F2N. The maximum absolute atomic E-state index is 12.1. The van der Waals surface area contributed by atoms with Crippen molar-refractivity contribution in [3.63, 3.8) is 0 Å². The second-order valence-electron chi connectivity index (χ2n) is 3.19. The summed E-state index contributed by atoms with van der Waals surface area (Å²) in [5, 5.41) is 0. The highest BCUT2D eigenvalue weighted by atomic mass is 19.3. The SMILES string of the molecule is Cc1cccc(CC(N)C(F)F)c1. The summed E-state index contributed by atoms with van der Waals surface area (Å²) in [6.07, 6.45) is -2.21. The summed E-state index contributed by atoms with van der Waals surface area (Å²) in [6, 6.07) is 6.42. The van der Waals surface area contributed by atoms with E-state index in [1.54, 1.807) is 0 Å². The average Bonchev–Trinajstić information content (AvgIpc) is 2.04. The van der Waals surface area contributed by atoms with E-state index in [2.05, 4.69) is 0 Å². The topological polar surface area (TPSA) is 26.0 Å². The van der Waals surface area contributed by atoms with Crippen molar-refractivity contribution in [2.45, 2.75) is 25.8 Å². The monoisotopic (exact) mass is 185 g/mol. The Morgan fingerprint density at radius 3 is 2.62 bits per heavy atom. The van der Waals surface area contributed by atoms with E-state index in [9.17, 15) is 8.78 Å². The molecule has 0 bridgehead atoms. The number of halogens is 2. The van der Waals surface area contributed by atoms with Gasteiger partial charge < -0.3 is 5.73 Å². The minimum absolute atomic E-state index is 0.235. The lowest BCUT2D eigenvalue weighted by Crippen LogP contribution is -2.30. The Kier molecular flexibility index (Phi) is 3.37. The largest absolute Gasteiger partial charge is 0.323 e. The molecule has 0 aliphatic rings. The van der Waals surface area contributed by atoms with Crippen LogP contribution in [0.2, 0.25) is 0 Å². The van der Waals surface area contributed by atoms with E-state index >= 15 is 0 Å². The molecule has 0 heterocycles. The molecule has 3 heteroatoms. The Bertz CT molecular complexity index is 273. The molecule has 0 amide bonds. The van der Waals surface area contributed by atoms with Gasteiger partial charge in [0.15, 0.2) is 0 Å². The Morgan fingerprint density at radius 2 is 2.08 bits per heavy atom. The van der Waals surface area contributed by atoms with E-state index in [1.165, 1.54) is 0 Å². The Labute approximate surface area is 76.6 Å². The number of benzene rings is 1. The van der Waals surface area contributed by atoms with Crippen LogP contribution in [0.4, 0.5) is 8.78 Å². The van der Waals surface area contributed by atoms with Gasteiger partial charge in [0.1, 0.15) is 0 Å². The number of hydrogen-bond acceptors (Lipinski definition) is 1. The quantitative estimate of drug-likeness (QED) is 0.767. The molecule has 0 fully saturated rings. The third-order valence-corrected chi connectivity index (χ3v) is 1.88. The number of hydrogen-bond donors (Lipinski definition) is 1. The zero-order valence-corrected chi connectivity index (χ0v) is 7.50. The van der Waals surface area contributed by atoms with Gasteiger partial charge in [-0.3, -0.25) is 0 Å². The molecule has 0 spiro atoms. The predicted octanol–water partition coefficient (Wildman–Crippen LogP) is 2.13. The lowest BCUT2D eigenvalue weighted by molar-refractivity contribution is 0.116. The lowest BCUT2D eigenvalue weighted by atomic mass is 10.0. The smallest absolute Gasteiger partial charge is 0.253 e. The van der Waals surface area contributed by atoms with Crippen LogP contribution in [-0.4, -0.2) is 12.5 Å². The van der Waals surface area contributed by atoms with Crippen molar-refractivity contribution < 1.29 is 8.78 Å². The van der Waals surface area contributed by atoms with Crippen LogP contribution in [0.1, 0.15) is 11.1 Å².